The molecule has 2 amide bonds. The molecule has 2 heterocycles. The second-order valence-corrected chi connectivity index (χ2v) is 6.65. The van der Waals surface area contributed by atoms with E-state index in [0.717, 1.165) is 10.5 Å². The molecule has 2 aliphatic heterocycles. The maximum Gasteiger partial charge on any atom is 0.327 e. The second-order valence-electron chi connectivity index (χ2n) is 6.65. The number of ether oxygens (including phenoxy) is 2. The molecule has 0 saturated carbocycles. The van der Waals surface area contributed by atoms with Crippen molar-refractivity contribution in [3.05, 3.63) is 29.8 Å². The van der Waals surface area contributed by atoms with E-state index in [1.807, 2.05) is 25.1 Å². The molecule has 0 spiro atoms. The van der Waals surface area contributed by atoms with Crippen LogP contribution >= 0.6 is 0 Å². The number of likely N-dealkylation sites (tertiary alicyclic amines) is 1. The van der Waals surface area contributed by atoms with Gasteiger partial charge in [-0.3, -0.25) is 24.6 Å². The molecule has 7 heteroatoms. The smallest absolute Gasteiger partial charge is 0.327 e. The first-order chi connectivity index (χ1) is 12.4. The van der Waals surface area contributed by atoms with Crippen LogP contribution in [0.1, 0.15) is 31.9 Å². The lowest BCUT2D eigenvalue weighted by Gasteiger charge is -2.31. The average Bonchev–Trinajstić information content (AvgIpc) is 3.12. The van der Waals surface area contributed by atoms with Crippen molar-refractivity contribution in [3.63, 3.8) is 0 Å². The Morgan fingerprint density at radius 1 is 1.23 bits per heavy atom. The molecule has 0 radical (unpaired) electrons. The van der Waals surface area contributed by atoms with Gasteiger partial charge in [0.2, 0.25) is 11.8 Å². The summed E-state index contributed by atoms with van der Waals surface area (Å²) in [6.07, 6.45) is 0.339. The number of hydrogen-bond acceptors (Lipinski definition) is 6. The first-order valence-electron chi connectivity index (χ1n) is 8.82. The van der Waals surface area contributed by atoms with Crippen molar-refractivity contribution in [2.45, 2.75) is 31.8 Å². The maximum atomic E-state index is 12.8. The Hall–Kier alpha value is -2.41. The van der Waals surface area contributed by atoms with Gasteiger partial charge < -0.3 is 9.47 Å². The van der Waals surface area contributed by atoms with Crippen LogP contribution in [-0.2, 0) is 19.1 Å². The van der Waals surface area contributed by atoms with Crippen LogP contribution in [0.5, 0.6) is 5.75 Å². The van der Waals surface area contributed by atoms with Crippen LogP contribution in [0.4, 0.5) is 0 Å². The third-order valence-electron chi connectivity index (χ3n) is 5.55. The lowest BCUT2D eigenvalue weighted by Crippen LogP contribution is -2.55. The van der Waals surface area contributed by atoms with Crippen LogP contribution in [0, 0.1) is 11.8 Å². The number of imide groups is 1. The van der Waals surface area contributed by atoms with E-state index >= 15 is 0 Å². The molecule has 140 valence electrons. The van der Waals surface area contributed by atoms with Gasteiger partial charge in [-0.05, 0) is 19.4 Å². The standard InChI is InChI=1S/C19H24N2O5/c1-5-19(18(24)26-6-2)14-13(16(22)21(3)17(14)23)15(20-19)11-9-7-8-10-12(11)25-4/h7-10,13-15,20H,5-6H2,1-4H3/t13-,14+,15-,19+/m0/s1. The summed E-state index contributed by atoms with van der Waals surface area (Å²) in [5.74, 6) is -1.99. The minimum atomic E-state index is -1.23. The van der Waals surface area contributed by atoms with Crippen molar-refractivity contribution >= 4 is 17.8 Å². The predicted octanol–water partition coefficient (Wildman–Crippen LogP) is 1.28. The fourth-order valence-electron chi connectivity index (χ4n) is 4.25. The van der Waals surface area contributed by atoms with Gasteiger partial charge in [0.1, 0.15) is 11.3 Å². The molecule has 7 nitrogen and oxygen atoms in total. The highest BCUT2D eigenvalue weighted by molar-refractivity contribution is 6.09. The van der Waals surface area contributed by atoms with E-state index in [1.54, 1.807) is 20.1 Å². The van der Waals surface area contributed by atoms with Gasteiger partial charge in [-0.2, -0.15) is 0 Å². The number of rotatable bonds is 5. The van der Waals surface area contributed by atoms with Crippen LogP contribution in [0.2, 0.25) is 0 Å². The fraction of sp³-hybridized carbons (Fsp3) is 0.526. The summed E-state index contributed by atoms with van der Waals surface area (Å²) in [6.45, 7) is 3.75. The Morgan fingerprint density at radius 3 is 2.54 bits per heavy atom. The lowest BCUT2D eigenvalue weighted by atomic mass is 9.78. The molecular weight excluding hydrogens is 336 g/mol. The molecule has 0 bridgehead atoms. The van der Waals surface area contributed by atoms with Crippen LogP contribution in [0.25, 0.3) is 0 Å². The largest absolute Gasteiger partial charge is 0.496 e. The van der Waals surface area contributed by atoms with Gasteiger partial charge in [-0.15, -0.1) is 0 Å². The van der Waals surface area contributed by atoms with E-state index in [2.05, 4.69) is 5.32 Å². The molecule has 2 saturated heterocycles. The third kappa shape index (κ3) is 2.41. The number of methoxy groups -OCH3 is 1. The normalized spacial score (nSPS) is 30.5. The maximum absolute atomic E-state index is 12.8. The molecule has 2 aliphatic rings. The Morgan fingerprint density at radius 2 is 1.92 bits per heavy atom. The molecule has 3 rings (SSSR count). The summed E-state index contributed by atoms with van der Waals surface area (Å²) in [7, 11) is 3.02. The lowest BCUT2D eigenvalue weighted by molar-refractivity contribution is -0.156. The molecule has 0 unspecified atom stereocenters. The molecule has 2 fully saturated rings. The van der Waals surface area contributed by atoms with Crippen molar-refractivity contribution in [2.24, 2.45) is 11.8 Å². The Labute approximate surface area is 152 Å². The molecular formula is C19H24N2O5. The second kappa shape index (κ2) is 6.72. The molecule has 1 aromatic rings. The van der Waals surface area contributed by atoms with Gasteiger partial charge in [0.25, 0.3) is 0 Å². The highest BCUT2D eigenvalue weighted by Gasteiger charge is 2.67. The first kappa shape index (κ1) is 18.4. The number of nitrogens with one attached hydrogen (secondary N) is 1. The number of benzene rings is 1. The van der Waals surface area contributed by atoms with E-state index in [0.29, 0.717) is 12.2 Å². The van der Waals surface area contributed by atoms with E-state index < -0.39 is 29.4 Å². The summed E-state index contributed by atoms with van der Waals surface area (Å²) >= 11 is 0. The minimum absolute atomic E-state index is 0.205. The van der Waals surface area contributed by atoms with Crippen molar-refractivity contribution in [1.29, 1.82) is 0 Å². The predicted molar refractivity (Wildman–Crippen MR) is 93.3 cm³/mol. The van der Waals surface area contributed by atoms with Gasteiger partial charge in [-0.25, -0.2) is 0 Å². The molecule has 1 aromatic carbocycles. The number of carbonyl (C=O) groups is 3. The number of para-hydroxylation sites is 1. The van der Waals surface area contributed by atoms with Gasteiger partial charge in [-0.1, -0.05) is 25.1 Å². The van der Waals surface area contributed by atoms with Crippen molar-refractivity contribution < 1.29 is 23.9 Å². The number of nitrogens with zero attached hydrogens (tertiary/aromatic N) is 1. The zero-order valence-electron chi connectivity index (χ0n) is 15.4. The van der Waals surface area contributed by atoms with E-state index in [1.165, 1.54) is 7.05 Å². The Bertz CT molecular complexity index is 749. The van der Waals surface area contributed by atoms with Gasteiger partial charge in [0.15, 0.2) is 0 Å². The molecule has 1 N–H and O–H groups in total. The minimum Gasteiger partial charge on any atom is -0.496 e. The summed E-state index contributed by atoms with van der Waals surface area (Å²) in [5.41, 5.74) is -0.481. The number of fused-ring (bicyclic) bond motifs is 1. The summed E-state index contributed by atoms with van der Waals surface area (Å²) < 4.78 is 10.7. The zero-order valence-corrected chi connectivity index (χ0v) is 15.4. The number of carbonyl (C=O) groups excluding carboxylic acids is 3. The zero-order chi connectivity index (χ0) is 19.1. The van der Waals surface area contributed by atoms with Crippen LogP contribution < -0.4 is 10.1 Å². The van der Waals surface area contributed by atoms with E-state index in [-0.39, 0.29) is 18.4 Å². The monoisotopic (exact) mass is 360 g/mol. The fourth-order valence-corrected chi connectivity index (χ4v) is 4.25. The highest BCUT2D eigenvalue weighted by atomic mass is 16.5. The van der Waals surface area contributed by atoms with Crippen molar-refractivity contribution in [2.75, 3.05) is 20.8 Å². The third-order valence-corrected chi connectivity index (χ3v) is 5.55. The number of esters is 1. The molecule has 0 aliphatic carbocycles. The van der Waals surface area contributed by atoms with E-state index in [4.69, 9.17) is 9.47 Å². The molecule has 26 heavy (non-hydrogen) atoms. The quantitative estimate of drug-likeness (QED) is 0.629. The van der Waals surface area contributed by atoms with Gasteiger partial charge in [0.05, 0.1) is 25.6 Å². The van der Waals surface area contributed by atoms with Crippen LogP contribution in [-0.4, -0.2) is 49.0 Å². The Kier molecular flexibility index (Phi) is 4.75. The van der Waals surface area contributed by atoms with Crippen LogP contribution in [0.15, 0.2) is 24.3 Å². The summed E-state index contributed by atoms with van der Waals surface area (Å²) in [4.78, 5) is 39.6. The van der Waals surface area contributed by atoms with Gasteiger partial charge >= 0.3 is 5.97 Å². The van der Waals surface area contributed by atoms with Crippen molar-refractivity contribution in [1.82, 2.24) is 10.2 Å². The van der Waals surface area contributed by atoms with Crippen molar-refractivity contribution in [3.8, 4) is 5.75 Å². The molecule has 4 atom stereocenters. The first-order valence-corrected chi connectivity index (χ1v) is 8.82. The number of hydrogen-bond donors (Lipinski definition) is 1. The average molecular weight is 360 g/mol. The van der Waals surface area contributed by atoms with Crippen LogP contribution in [0.3, 0.4) is 0 Å². The summed E-state index contributed by atoms with van der Waals surface area (Å²) in [6, 6.07) is 6.81. The number of amides is 2. The summed E-state index contributed by atoms with van der Waals surface area (Å²) in [5, 5.41) is 3.29. The van der Waals surface area contributed by atoms with Gasteiger partial charge in [0, 0.05) is 18.7 Å². The molecule has 0 aromatic heterocycles. The van der Waals surface area contributed by atoms with E-state index in [9.17, 15) is 14.4 Å². The Balaban J connectivity index is 2.15. The SMILES string of the molecule is CCOC(=O)[C@]1(CC)N[C@@H](c2ccccc2OC)[C@H]2C(=O)N(C)C(=O)[C@@H]21. The highest BCUT2D eigenvalue weighted by Crippen LogP contribution is 2.51. The topological polar surface area (TPSA) is 84.9 Å².